The Balaban J connectivity index is 1.68. The molecule has 2 aromatic rings. The predicted molar refractivity (Wildman–Crippen MR) is 110 cm³/mol. The Morgan fingerprint density at radius 1 is 0.964 bits per heavy atom. The van der Waals surface area contributed by atoms with Gasteiger partial charge in [-0.15, -0.1) is 0 Å². The van der Waals surface area contributed by atoms with Crippen LogP contribution in [0.25, 0.3) is 5.69 Å². The topological polar surface area (TPSA) is 51.5 Å². The molecule has 150 valence electrons. The average molecular weight is 383 g/mol. The molecule has 0 N–H and O–H groups in total. The van der Waals surface area contributed by atoms with Crippen molar-refractivity contribution in [2.75, 3.05) is 0 Å². The summed E-state index contributed by atoms with van der Waals surface area (Å²) in [6.45, 7) is 9.88. The number of likely N-dealkylation sites (tertiary alicyclic amines) is 1. The fourth-order valence-electron chi connectivity index (χ4n) is 4.17. The summed E-state index contributed by atoms with van der Waals surface area (Å²) in [4.78, 5) is 27.2. The minimum absolute atomic E-state index is 0.108. The lowest BCUT2D eigenvalue weighted by Crippen LogP contribution is -2.51. The lowest BCUT2D eigenvalue weighted by molar-refractivity contribution is -0.146. The van der Waals surface area contributed by atoms with Crippen molar-refractivity contribution in [1.29, 1.82) is 0 Å². The van der Waals surface area contributed by atoms with E-state index in [4.69, 9.17) is 4.74 Å². The summed E-state index contributed by atoms with van der Waals surface area (Å²) >= 11 is 0. The van der Waals surface area contributed by atoms with Crippen LogP contribution in [0.4, 0.5) is 0 Å². The maximum Gasteiger partial charge on any atom is 0.338 e. The second kappa shape index (κ2) is 8.21. The minimum atomic E-state index is -0.788. The predicted octanol–water partition coefficient (Wildman–Crippen LogP) is 4.43. The van der Waals surface area contributed by atoms with Crippen LogP contribution >= 0.6 is 0 Å². The molecule has 5 heteroatoms. The molecule has 0 unspecified atom stereocenters. The van der Waals surface area contributed by atoms with Crippen molar-refractivity contribution >= 4 is 11.9 Å². The summed E-state index contributed by atoms with van der Waals surface area (Å²) < 4.78 is 7.61. The first kappa shape index (κ1) is 20.2. The molecule has 1 aromatic heterocycles. The highest BCUT2D eigenvalue weighted by Gasteiger charge is 2.33. The van der Waals surface area contributed by atoms with E-state index in [0.29, 0.717) is 5.56 Å². The molecule has 1 saturated heterocycles. The van der Waals surface area contributed by atoms with Gasteiger partial charge in [-0.3, -0.25) is 4.79 Å². The molecule has 1 amide bonds. The van der Waals surface area contributed by atoms with Crippen molar-refractivity contribution in [1.82, 2.24) is 9.47 Å². The van der Waals surface area contributed by atoms with Gasteiger partial charge in [0.1, 0.15) is 0 Å². The number of aryl methyl sites for hydroxylation is 2. The van der Waals surface area contributed by atoms with Crippen LogP contribution in [0.1, 0.15) is 61.8 Å². The monoisotopic (exact) mass is 382 g/mol. The molecule has 0 spiro atoms. The molecule has 1 fully saturated rings. The van der Waals surface area contributed by atoms with Crippen molar-refractivity contribution in [3.05, 3.63) is 53.3 Å². The normalized spacial score (nSPS) is 20.7. The third kappa shape index (κ3) is 3.98. The van der Waals surface area contributed by atoms with Gasteiger partial charge >= 0.3 is 5.97 Å². The molecular formula is C23H30N2O3. The van der Waals surface area contributed by atoms with Gasteiger partial charge in [0.25, 0.3) is 5.91 Å². The standard InChI is InChI=1S/C23H30N2O3/c1-15-7-6-8-16(2)25(15)22(26)19(5)28-23(27)20-11-13-21(14-12-20)24-17(3)9-10-18(24)4/h9-16,19H,6-8H2,1-5H3/t15-,16-,19+/m0/s1. The smallest absolute Gasteiger partial charge is 0.338 e. The molecule has 1 aliphatic rings. The highest BCUT2D eigenvalue weighted by Crippen LogP contribution is 2.24. The summed E-state index contributed by atoms with van der Waals surface area (Å²) in [6, 6.07) is 11.8. The molecule has 2 heterocycles. The van der Waals surface area contributed by atoms with Crippen molar-refractivity contribution in [3.63, 3.8) is 0 Å². The second-order valence-electron chi connectivity index (χ2n) is 7.92. The van der Waals surface area contributed by atoms with Gasteiger partial charge in [0.2, 0.25) is 0 Å². The number of carbonyl (C=O) groups is 2. The van der Waals surface area contributed by atoms with Crippen LogP contribution in [0, 0.1) is 13.8 Å². The molecule has 28 heavy (non-hydrogen) atoms. The number of aromatic nitrogens is 1. The van der Waals surface area contributed by atoms with Crippen LogP contribution < -0.4 is 0 Å². The van der Waals surface area contributed by atoms with Gasteiger partial charge < -0.3 is 14.2 Å². The molecule has 0 saturated carbocycles. The Bertz CT molecular complexity index is 824. The summed E-state index contributed by atoms with van der Waals surface area (Å²) in [5.41, 5.74) is 3.72. The number of ether oxygens (including phenoxy) is 1. The van der Waals surface area contributed by atoms with E-state index in [-0.39, 0.29) is 18.0 Å². The van der Waals surface area contributed by atoms with Crippen LogP contribution in [-0.4, -0.2) is 39.5 Å². The number of nitrogens with zero attached hydrogens (tertiary/aromatic N) is 2. The van der Waals surface area contributed by atoms with Crippen molar-refractivity contribution in [2.24, 2.45) is 0 Å². The SMILES string of the molecule is Cc1ccc(C)n1-c1ccc(C(=O)O[C@H](C)C(=O)N2[C@@H](C)CCC[C@@H]2C)cc1. The van der Waals surface area contributed by atoms with Crippen LogP contribution in [0.15, 0.2) is 36.4 Å². The summed E-state index contributed by atoms with van der Waals surface area (Å²) in [5, 5.41) is 0. The van der Waals surface area contributed by atoms with Crippen molar-refractivity contribution < 1.29 is 14.3 Å². The van der Waals surface area contributed by atoms with E-state index in [0.717, 1.165) is 36.3 Å². The molecule has 3 rings (SSSR count). The molecule has 0 bridgehead atoms. The summed E-state index contributed by atoms with van der Waals surface area (Å²) in [5.74, 6) is -0.575. The number of hydrogen-bond donors (Lipinski definition) is 0. The zero-order valence-corrected chi connectivity index (χ0v) is 17.4. The highest BCUT2D eigenvalue weighted by molar-refractivity contribution is 5.92. The lowest BCUT2D eigenvalue weighted by Gasteiger charge is -2.40. The third-order valence-corrected chi connectivity index (χ3v) is 5.71. The number of amides is 1. The Labute approximate surface area is 167 Å². The zero-order valence-electron chi connectivity index (χ0n) is 17.4. The second-order valence-corrected chi connectivity index (χ2v) is 7.92. The van der Waals surface area contributed by atoms with Crippen LogP contribution in [-0.2, 0) is 9.53 Å². The zero-order chi connectivity index (χ0) is 20.4. The van der Waals surface area contributed by atoms with E-state index in [2.05, 4.69) is 30.5 Å². The largest absolute Gasteiger partial charge is 0.449 e. The maximum atomic E-state index is 12.8. The Hall–Kier alpha value is -2.56. The van der Waals surface area contributed by atoms with Gasteiger partial charge in [0, 0.05) is 29.2 Å². The first-order chi connectivity index (χ1) is 13.3. The van der Waals surface area contributed by atoms with E-state index < -0.39 is 12.1 Å². The van der Waals surface area contributed by atoms with Crippen LogP contribution in [0.3, 0.4) is 0 Å². The molecule has 1 aromatic carbocycles. The molecular weight excluding hydrogens is 352 g/mol. The number of rotatable bonds is 4. The van der Waals surface area contributed by atoms with Crippen LogP contribution in [0.5, 0.6) is 0 Å². The number of esters is 1. The molecule has 3 atom stereocenters. The number of piperidine rings is 1. The van der Waals surface area contributed by atoms with Crippen molar-refractivity contribution in [3.8, 4) is 5.69 Å². The van der Waals surface area contributed by atoms with Gasteiger partial charge in [0.05, 0.1) is 5.56 Å². The Kier molecular flexibility index (Phi) is 5.92. The number of benzene rings is 1. The van der Waals surface area contributed by atoms with E-state index in [9.17, 15) is 9.59 Å². The summed E-state index contributed by atoms with van der Waals surface area (Å²) in [6.07, 6.45) is 2.34. The fourth-order valence-corrected chi connectivity index (χ4v) is 4.17. The molecule has 0 radical (unpaired) electrons. The summed E-state index contributed by atoms with van der Waals surface area (Å²) in [7, 11) is 0. The van der Waals surface area contributed by atoms with Crippen molar-refractivity contribution in [2.45, 2.75) is 72.1 Å². The number of carbonyl (C=O) groups excluding carboxylic acids is 2. The van der Waals surface area contributed by atoms with Gasteiger partial charge in [-0.25, -0.2) is 4.79 Å². The molecule has 0 aliphatic carbocycles. The first-order valence-electron chi connectivity index (χ1n) is 10.1. The van der Waals surface area contributed by atoms with Gasteiger partial charge in [-0.1, -0.05) is 0 Å². The minimum Gasteiger partial charge on any atom is -0.449 e. The molecule has 1 aliphatic heterocycles. The number of hydrogen-bond acceptors (Lipinski definition) is 3. The van der Waals surface area contributed by atoms with E-state index in [1.165, 1.54) is 0 Å². The quantitative estimate of drug-likeness (QED) is 0.735. The first-order valence-corrected chi connectivity index (χ1v) is 10.1. The Morgan fingerprint density at radius 2 is 1.50 bits per heavy atom. The van der Waals surface area contributed by atoms with Gasteiger partial charge in [0.15, 0.2) is 6.10 Å². The molecule has 5 nitrogen and oxygen atoms in total. The highest BCUT2D eigenvalue weighted by atomic mass is 16.5. The van der Waals surface area contributed by atoms with Gasteiger partial charge in [-0.05, 0) is 90.3 Å². The van der Waals surface area contributed by atoms with E-state index in [1.807, 2.05) is 30.9 Å². The maximum absolute atomic E-state index is 12.8. The lowest BCUT2D eigenvalue weighted by atomic mass is 9.97. The third-order valence-electron chi connectivity index (χ3n) is 5.71. The average Bonchev–Trinajstić information content (AvgIpc) is 2.99. The van der Waals surface area contributed by atoms with E-state index >= 15 is 0 Å². The van der Waals surface area contributed by atoms with E-state index in [1.54, 1.807) is 19.1 Å². The fraction of sp³-hybridized carbons (Fsp3) is 0.478. The van der Waals surface area contributed by atoms with Crippen LogP contribution in [0.2, 0.25) is 0 Å². The Morgan fingerprint density at radius 3 is 2.04 bits per heavy atom. The van der Waals surface area contributed by atoms with Gasteiger partial charge in [-0.2, -0.15) is 0 Å².